The molecule has 0 radical (unpaired) electrons. The predicted octanol–water partition coefficient (Wildman–Crippen LogP) is -11.7. The molecule has 0 spiro atoms. The van der Waals surface area contributed by atoms with Crippen molar-refractivity contribution in [1.82, 2.24) is 29.9 Å². The largest absolute Gasteiger partial charge is 1.00 e. The van der Waals surface area contributed by atoms with E-state index in [0.717, 1.165) is 36.4 Å². The van der Waals surface area contributed by atoms with E-state index in [4.69, 9.17) is 23.2 Å². The van der Waals surface area contributed by atoms with Crippen LogP contribution in [-0.2, 0) is 60.7 Å². The Balaban J connectivity index is 0.00000368. The molecule has 9 aromatic rings. The zero-order valence-corrected chi connectivity index (χ0v) is 69.1. The van der Waals surface area contributed by atoms with Crippen molar-refractivity contribution in [3.8, 4) is 11.5 Å². The van der Waals surface area contributed by atoms with E-state index in [9.17, 15) is 88.0 Å². The maximum absolute atomic E-state index is 12.5. The maximum Gasteiger partial charge on any atom is 1.00 e. The Morgan fingerprint density at radius 2 is 0.663 bits per heavy atom. The van der Waals surface area contributed by atoms with Crippen LogP contribution in [0.3, 0.4) is 0 Å². The number of halogens is 2. The van der Waals surface area contributed by atoms with Crippen molar-refractivity contribution >= 4 is 175 Å². The number of rotatable bonds is 18. The Kier molecular flexibility index (Phi) is 31.4. The number of benzene rings is 7. The van der Waals surface area contributed by atoms with E-state index in [1.165, 1.54) is 36.4 Å². The van der Waals surface area contributed by atoms with Gasteiger partial charge in [-0.3, -0.25) is 0 Å². The third-order valence-electron chi connectivity index (χ3n) is 11.3. The fraction of sp³-hybridized carbons (Fsp3) is 0. The van der Waals surface area contributed by atoms with Crippen molar-refractivity contribution in [3.05, 3.63) is 120 Å². The van der Waals surface area contributed by atoms with Gasteiger partial charge in [0.05, 0.1) is 40.7 Å². The van der Waals surface area contributed by atoms with Crippen LogP contribution in [0.4, 0.5) is 69.3 Å². The van der Waals surface area contributed by atoms with Gasteiger partial charge in [-0.2, -0.15) is 29.9 Å². The number of hydrogen-bond donors (Lipinski definition) is 6. The molecular weight excluding hydrogens is 1490 g/mol. The van der Waals surface area contributed by atoms with Gasteiger partial charge in [0.15, 0.2) is 11.5 Å². The average Bonchev–Trinajstić information content (AvgIpc) is 0.795. The summed E-state index contributed by atoms with van der Waals surface area (Å²) in [7, 11) is -32.5. The van der Waals surface area contributed by atoms with E-state index in [1.54, 1.807) is 0 Å². The van der Waals surface area contributed by atoms with E-state index in [0.29, 0.717) is 36.4 Å². The molecule has 0 saturated carbocycles. The number of nitrogens with one attached hydrogen (secondary N) is 4. The third kappa shape index (κ3) is 21.1. The summed E-state index contributed by atoms with van der Waals surface area (Å²) >= 11 is 12.4. The first-order chi connectivity index (χ1) is 40.0. The molecule has 0 bridgehead atoms. The molecule has 9 rings (SSSR count). The molecular formula is C44H24Cl2K3N14Na3O20S6. The number of fused-ring (bicyclic) bond motifs is 2. The van der Waals surface area contributed by atoms with E-state index >= 15 is 0 Å². The van der Waals surface area contributed by atoms with Gasteiger partial charge in [-0.05, 0) is 119 Å². The molecule has 0 saturated heterocycles. The van der Waals surface area contributed by atoms with Gasteiger partial charge in [0.1, 0.15) is 83.5 Å². The van der Waals surface area contributed by atoms with Crippen LogP contribution in [0.2, 0.25) is 10.6 Å². The van der Waals surface area contributed by atoms with Crippen molar-refractivity contribution in [2.75, 3.05) is 21.3 Å². The van der Waals surface area contributed by atoms with Gasteiger partial charge in [0.25, 0.3) is 0 Å². The molecule has 446 valence electrons. The Morgan fingerprint density at radius 3 is 0.957 bits per heavy atom. The minimum absolute atomic E-state index is 0. The van der Waals surface area contributed by atoms with Crippen LogP contribution in [0.5, 0.6) is 11.5 Å². The summed E-state index contributed by atoms with van der Waals surface area (Å²) in [5, 5.41) is 44.6. The summed E-state index contributed by atoms with van der Waals surface area (Å²) in [4.78, 5) is 17.5. The quantitative estimate of drug-likeness (QED) is 0.0264. The molecule has 0 fully saturated rings. The van der Waals surface area contributed by atoms with Crippen LogP contribution in [0.15, 0.2) is 159 Å². The number of hydrogen-bond acceptors (Lipinski definition) is 34. The molecule has 92 heavy (non-hydrogen) atoms. The average molecular weight is 1520 g/mol. The van der Waals surface area contributed by atoms with Gasteiger partial charge in [-0.25, -0.2) is 50.5 Å². The van der Waals surface area contributed by atoms with E-state index in [1.807, 2.05) is 0 Å². The topological polar surface area (TPSA) is 559 Å². The number of anilines is 8. The minimum atomic E-state index is -5.66. The smallest absolute Gasteiger partial charge is 0.744 e. The van der Waals surface area contributed by atoms with Crippen molar-refractivity contribution in [2.45, 2.75) is 29.4 Å². The van der Waals surface area contributed by atoms with Crippen LogP contribution >= 0.6 is 23.2 Å². The monoisotopic (exact) mass is 1520 g/mol. The summed E-state index contributed by atoms with van der Waals surface area (Å²) in [5.41, 5.74) is -4.30. The van der Waals surface area contributed by atoms with E-state index in [2.05, 4.69) is 71.6 Å². The van der Waals surface area contributed by atoms with Crippen LogP contribution < -0.4 is 264 Å². The fourth-order valence-electron chi connectivity index (χ4n) is 7.75. The van der Waals surface area contributed by atoms with E-state index in [-0.39, 0.29) is 266 Å². The standard InChI is InChI=1S/C44H30Cl2N14O20S6.3K.3Na/c45-39-51-41(55-43(53-39)49-27-17-23(81(63,64)65)13-19-15-31(85(75,76)77)35(37(61)33(19)27)59-57-25-5-1-3-7-29(25)83(69,70)71)47-21-9-11-22(12-10-21)48-42-52-40(46)54-44(56-42)50-28-18-24(82(66,67)68)14-20-16-32(86(78,79)80)36(38(62)34(20)28)60-58-26-6-2-4-8-30(26)84(72,73)74;;;;;;/h1-18,61-62H,(H,63,64,65)(H,66,67,68)(H,69,70,71)(H,72,73,74)(H,75,76,77)(H,78,79,80)(H2,47,49,51,53,55)(H2,48,50,52,54,56);;;;;;/q;6*+1/p-6. The van der Waals surface area contributed by atoms with Gasteiger partial charge < -0.3 is 58.8 Å². The van der Waals surface area contributed by atoms with Crippen LogP contribution in [-0.4, -0.2) is 118 Å². The first-order valence-corrected chi connectivity index (χ1v) is 31.7. The zero-order valence-electron chi connectivity index (χ0n) is 47.3. The fourth-order valence-corrected chi connectivity index (χ4v) is 11.6. The normalized spacial score (nSPS) is 11.9. The Labute approximate surface area is 724 Å². The second-order valence-corrected chi connectivity index (χ2v) is 25.8. The van der Waals surface area contributed by atoms with Crippen molar-refractivity contribution in [2.24, 2.45) is 20.5 Å². The third-order valence-corrected chi connectivity index (χ3v) is 16.7. The molecule has 0 amide bonds. The second kappa shape index (κ2) is 33.9. The summed E-state index contributed by atoms with van der Waals surface area (Å²) in [6.07, 6.45) is 0. The summed E-state index contributed by atoms with van der Waals surface area (Å²) < 4.78 is 220. The van der Waals surface area contributed by atoms with Crippen molar-refractivity contribution in [1.29, 1.82) is 0 Å². The zero-order chi connectivity index (χ0) is 62.6. The van der Waals surface area contributed by atoms with E-state index < -0.39 is 180 Å². The molecule has 0 aliphatic carbocycles. The minimum Gasteiger partial charge on any atom is -0.744 e. The molecule has 0 aliphatic rings. The number of azo groups is 2. The van der Waals surface area contributed by atoms with Gasteiger partial charge in [0.2, 0.25) is 34.4 Å². The molecule has 0 unspecified atom stereocenters. The number of aromatic nitrogens is 6. The Morgan fingerprint density at radius 1 is 0.370 bits per heavy atom. The van der Waals surface area contributed by atoms with Gasteiger partial charge in [-0.1, -0.05) is 24.3 Å². The number of nitrogens with zero attached hydrogens (tertiary/aromatic N) is 10. The predicted molar refractivity (Wildman–Crippen MR) is 289 cm³/mol. The number of phenolic OH excluding ortho intramolecular Hbond substituents is 2. The molecule has 7 aromatic carbocycles. The molecule has 48 heteroatoms. The van der Waals surface area contributed by atoms with Crippen molar-refractivity contribution in [3.63, 3.8) is 0 Å². The second-order valence-electron chi connectivity index (χ2n) is 16.9. The van der Waals surface area contributed by atoms with Crippen LogP contribution in [0, 0.1) is 0 Å². The molecule has 2 heterocycles. The first kappa shape index (κ1) is 85.3. The van der Waals surface area contributed by atoms with Gasteiger partial charge >= 0.3 is 243 Å². The summed E-state index contributed by atoms with van der Waals surface area (Å²) in [6.45, 7) is 0. The van der Waals surface area contributed by atoms with Crippen LogP contribution in [0.1, 0.15) is 0 Å². The van der Waals surface area contributed by atoms with Gasteiger partial charge in [0, 0.05) is 22.1 Å². The first-order valence-electron chi connectivity index (χ1n) is 22.5. The number of aromatic hydroxyl groups is 2. The van der Waals surface area contributed by atoms with Crippen molar-refractivity contribution < 1.29 is 331 Å². The molecule has 34 nitrogen and oxygen atoms in total. The molecule has 2 aromatic heterocycles. The summed E-state index contributed by atoms with van der Waals surface area (Å²) in [6, 6.07) is 17.6. The maximum atomic E-state index is 12.5. The number of phenols is 2. The van der Waals surface area contributed by atoms with Crippen LogP contribution in [0.25, 0.3) is 21.5 Å². The van der Waals surface area contributed by atoms with Gasteiger partial charge in [-0.15, -0.1) is 20.5 Å². The molecule has 0 aliphatic heterocycles. The Hall–Kier alpha value is -0.971. The summed E-state index contributed by atoms with van der Waals surface area (Å²) in [5.74, 6) is -4.21. The Bertz CT molecular complexity index is 4860. The molecule has 6 N–H and O–H groups in total. The molecule has 0 atom stereocenters. The SMILES string of the molecule is O=S(=O)([O-])c1cc(Nc2nc(Cl)nc(Nc3ccc(Nc4nc(Cl)nc(Nc5cc(S(=O)(=O)[O-])cc6cc(S(=O)(=O)[O-])c(N=Nc7ccccc7S(=O)(=O)[O-])c(O)c56)n4)cc3)n2)c2c(O)c(N=Nc3ccccc3S(=O)(=O)[O-])c(S(=O)(=O)[O-])cc2c1.[K+].[K+].[K+].[Na+].[Na+].[Na+].